The van der Waals surface area contributed by atoms with Crippen molar-refractivity contribution in [3.05, 3.63) is 93.8 Å². The number of ketones is 1. The molecule has 35 heavy (non-hydrogen) atoms. The minimum Gasteiger partial charge on any atom is -0.507 e. The Morgan fingerprint density at radius 2 is 1.77 bits per heavy atom. The molecule has 7 heteroatoms. The van der Waals surface area contributed by atoms with E-state index in [9.17, 15) is 14.7 Å². The quantitative estimate of drug-likeness (QED) is 0.276. The predicted octanol–water partition coefficient (Wildman–Crippen LogP) is 5.98. The fourth-order valence-corrected chi connectivity index (χ4v) is 4.57. The molecule has 0 radical (unpaired) electrons. The molecule has 1 unspecified atom stereocenters. The number of hydrogen-bond donors (Lipinski definition) is 1. The number of methoxy groups -OCH3 is 1. The molecule has 0 spiro atoms. The molecule has 180 valence electrons. The van der Waals surface area contributed by atoms with Crippen LogP contribution in [0.1, 0.15) is 49.1 Å². The van der Waals surface area contributed by atoms with Crippen molar-refractivity contribution in [1.82, 2.24) is 4.98 Å². The number of aliphatic hydroxyl groups excluding tert-OH is 1. The van der Waals surface area contributed by atoms with Crippen molar-refractivity contribution in [3.63, 3.8) is 0 Å². The number of aliphatic hydroxyl groups is 1. The van der Waals surface area contributed by atoms with Gasteiger partial charge in [-0.3, -0.25) is 19.5 Å². The third kappa shape index (κ3) is 4.30. The highest BCUT2D eigenvalue weighted by atomic mass is 35.5. The number of rotatable bonds is 4. The standard InChI is InChI=1S/C28H27ClN2O4/c1-16-20(29)7-6-8-21(16)31-24(17-11-13-30-14-12-17)23(26(33)27(31)34)25(32)18-9-10-22(35-5)19(15-18)28(2,3)4/h6-15,24,32H,1-5H3/b25-23+. The lowest BCUT2D eigenvalue weighted by atomic mass is 9.84. The number of pyridine rings is 1. The maximum Gasteiger partial charge on any atom is 0.300 e. The molecule has 1 aromatic heterocycles. The van der Waals surface area contributed by atoms with Crippen LogP contribution in [0.2, 0.25) is 5.02 Å². The van der Waals surface area contributed by atoms with Gasteiger partial charge in [-0.15, -0.1) is 0 Å². The Morgan fingerprint density at radius 3 is 2.40 bits per heavy atom. The predicted molar refractivity (Wildman–Crippen MR) is 137 cm³/mol. The molecule has 0 aliphatic carbocycles. The van der Waals surface area contributed by atoms with E-state index in [-0.39, 0.29) is 16.7 Å². The summed E-state index contributed by atoms with van der Waals surface area (Å²) in [6.45, 7) is 7.89. The number of benzene rings is 2. The summed E-state index contributed by atoms with van der Waals surface area (Å²) in [6.07, 6.45) is 3.18. The van der Waals surface area contributed by atoms with Crippen molar-refractivity contribution < 1.29 is 19.4 Å². The largest absolute Gasteiger partial charge is 0.507 e. The van der Waals surface area contributed by atoms with Crippen LogP contribution in [0.15, 0.2) is 66.5 Å². The van der Waals surface area contributed by atoms with Gasteiger partial charge in [-0.2, -0.15) is 0 Å². The number of Topliss-reactive ketones (excluding diaryl/α,β-unsaturated/α-hetero) is 1. The number of nitrogens with zero attached hydrogens (tertiary/aromatic N) is 2. The molecule has 6 nitrogen and oxygen atoms in total. The molecular formula is C28H27ClN2O4. The van der Waals surface area contributed by atoms with Gasteiger partial charge in [0.05, 0.1) is 18.7 Å². The van der Waals surface area contributed by atoms with Crippen LogP contribution < -0.4 is 9.64 Å². The summed E-state index contributed by atoms with van der Waals surface area (Å²) in [5.41, 5.74) is 2.83. The molecule has 0 saturated carbocycles. The van der Waals surface area contributed by atoms with E-state index in [4.69, 9.17) is 16.3 Å². The minimum atomic E-state index is -0.852. The third-order valence-electron chi connectivity index (χ3n) is 6.25. The maximum atomic E-state index is 13.4. The number of carbonyl (C=O) groups excluding carboxylic acids is 2. The molecule has 0 bridgehead atoms. The molecule has 4 rings (SSSR count). The zero-order valence-corrected chi connectivity index (χ0v) is 21.1. The second kappa shape index (κ2) is 9.19. The number of hydrogen-bond acceptors (Lipinski definition) is 5. The van der Waals surface area contributed by atoms with Gasteiger partial charge in [0.1, 0.15) is 11.5 Å². The van der Waals surface area contributed by atoms with E-state index in [0.29, 0.717) is 33.1 Å². The highest BCUT2D eigenvalue weighted by molar-refractivity contribution is 6.52. The lowest BCUT2D eigenvalue weighted by Crippen LogP contribution is -2.30. The normalized spacial score (nSPS) is 17.7. The molecule has 3 aromatic rings. The average Bonchev–Trinajstić information content (AvgIpc) is 3.10. The Balaban J connectivity index is 1.98. The zero-order chi connectivity index (χ0) is 25.5. The van der Waals surface area contributed by atoms with Crippen LogP contribution in [-0.4, -0.2) is 28.9 Å². The van der Waals surface area contributed by atoms with E-state index in [2.05, 4.69) is 4.98 Å². The van der Waals surface area contributed by atoms with E-state index in [1.807, 2.05) is 20.8 Å². The summed E-state index contributed by atoms with van der Waals surface area (Å²) in [5.74, 6) is -1.07. The first-order chi connectivity index (χ1) is 16.6. The van der Waals surface area contributed by atoms with Gasteiger partial charge >= 0.3 is 0 Å². The molecular weight excluding hydrogens is 464 g/mol. The Morgan fingerprint density at radius 1 is 1.09 bits per heavy atom. The van der Waals surface area contributed by atoms with Gasteiger partial charge in [0.15, 0.2) is 0 Å². The Bertz CT molecular complexity index is 1340. The van der Waals surface area contributed by atoms with Crippen molar-refractivity contribution in [3.8, 4) is 5.75 Å². The second-order valence-electron chi connectivity index (χ2n) is 9.50. The molecule has 1 aliphatic rings. The number of ether oxygens (including phenoxy) is 1. The van der Waals surface area contributed by atoms with Gasteiger partial charge in [-0.05, 0) is 65.9 Å². The van der Waals surface area contributed by atoms with Crippen LogP contribution in [0.5, 0.6) is 5.75 Å². The second-order valence-corrected chi connectivity index (χ2v) is 9.91. The minimum absolute atomic E-state index is 0.00519. The summed E-state index contributed by atoms with van der Waals surface area (Å²) in [4.78, 5) is 32.3. The summed E-state index contributed by atoms with van der Waals surface area (Å²) in [7, 11) is 1.59. The Labute approximate surface area is 209 Å². The Kier molecular flexibility index (Phi) is 6.43. The monoisotopic (exact) mass is 490 g/mol. The zero-order valence-electron chi connectivity index (χ0n) is 20.3. The van der Waals surface area contributed by atoms with Gasteiger partial charge in [0, 0.05) is 34.2 Å². The fourth-order valence-electron chi connectivity index (χ4n) is 4.40. The van der Waals surface area contributed by atoms with Crippen molar-refractivity contribution in [1.29, 1.82) is 0 Å². The molecule has 1 fully saturated rings. The van der Waals surface area contributed by atoms with E-state index in [0.717, 1.165) is 5.56 Å². The lowest BCUT2D eigenvalue weighted by molar-refractivity contribution is -0.132. The van der Waals surface area contributed by atoms with Crippen LogP contribution in [-0.2, 0) is 15.0 Å². The molecule has 2 heterocycles. The van der Waals surface area contributed by atoms with Crippen LogP contribution in [0, 0.1) is 6.92 Å². The highest BCUT2D eigenvalue weighted by Crippen LogP contribution is 2.44. The van der Waals surface area contributed by atoms with Crippen LogP contribution in [0.4, 0.5) is 5.69 Å². The van der Waals surface area contributed by atoms with Crippen LogP contribution >= 0.6 is 11.6 Å². The summed E-state index contributed by atoms with van der Waals surface area (Å²) in [5, 5.41) is 12.0. The third-order valence-corrected chi connectivity index (χ3v) is 6.66. The van der Waals surface area contributed by atoms with E-state index in [1.165, 1.54) is 4.90 Å². The molecule has 1 aliphatic heterocycles. The van der Waals surface area contributed by atoms with Crippen molar-refractivity contribution in [2.75, 3.05) is 12.0 Å². The first kappa shape index (κ1) is 24.5. The number of aromatic nitrogens is 1. The molecule has 2 aromatic carbocycles. The molecule has 1 atom stereocenters. The van der Waals surface area contributed by atoms with Crippen LogP contribution in [0.25, 0.3) is 5.76 Å². The SMILES string of the molecule is COc1ccc(/C(O)=C2\C(=O)C(=O)N(c3cccc(Cl)c3C)C2c2ccncc2)cc1C(C)(C)C. The van der Waals surface area contributed by atoms with Gasteiger partial charge in [-0.1, -0.05) is 38.4 Å². The first-order valence-corrected chi connectivity index (χ1v) is 11.6. The fraction of sp³-hybridized carbons (Fsp3) is 0.250. The van der Waals surface area contributed by atoms with Crippen molar-refractivity contribution >= 4 is 34.7 Å². The van der Waals surface area contributed by atoms with E-state index < -0.39 is 17.7 Å². The van der Waals surface area contributed by atoms with Crippen LogP contribution in [0.3, 0.4) is 0 Å². The smallest absolute Gasteiger partial charge is 0.300 e. The van der Waals surface area contributed by atoms with Gasteiger partial charge in [-0.25, -0.2) is 0 Å². The number of halogens is 1. The lowest BCUT2D eigenvalue weighted by Gasteiger charge is -2.27. The summed E-state index contributed by atoms with van der Waals surface area (Å²) >= 11 is 6.35. The molecule has 1 amide bonds. The summed E-state index contributed by atoms with van der Waals surface area (Å²) in [6, 6.07) is 13.0. The maximum absolute atomic E-state index is 13.4. The van der Waals surface area contributed by atoms with E-state index in [1.54, 1.807) is 75.0 Å². The van der Waals surface area contributed by atoms with Gasteiger partial charge in [0.25, 0.3) is 11.7 Å². The molecule has 1 N–H and O–H groups in total. The highest BCUT2D eigenvalue weighted by Gasteiger charge is 2.47. The number of carbonyl (C=O) groups is 2. The topological polar surface area (TPSA) is 79.7 Å². The summed E-state index contributed by atoms with van der Waals surface area (Å²) < 4.78 is 5.51. The van der Waals surface area contributed by atoms with Crippen molar-refractivity contribution in [2.45, 2.75) is 39.2 Å². The van der Waals surface area contributed by atoms with Crippen molar-refractivity contribution in [2.24, 2.45) is 0 Å². The number of anilines is 1. The van der Waals surface area contributed by atoms with Gasteiger partial charge < -0.3 is 9.84 Å². The Hall–Kier alpha value is -3.64. The van der Waals surface area contributed by atoms with Gasteiger partial charge in [0.2, 0.25) is 0 Å². The average molecular weight is 491 g/mol. The number of amides is 1. The first-order valence-electron chi connectivity index (χ1n) is 11.2. The van der Waals surface area contributed by atoms with E-state index >= 15 is 0 Å². The molecule has 1 saturated heterocycles.